The Balaban J connectivity index is 0.00000312. The van der Waals surface area contributed by atoms with Gasteiger partial charge in [-0.2, -0.15) is 0 Å². The first kappa shape index (κ1) is 21.4. The van der Waals surface area contributed by atoms with E-state index in [0.717, 1.165) is 49.5 Å². The summed E-state index contributed by atoms with van der Waals surface area (Å²) in [4.78, 5) is 14.2. The SMILES string of the molecule is CCCC(N)C(=O)NCC1CCN(c2cc(OC)cc(OC)c2)C1.Cl. The Hall–Kier alpha value is -1.66. The van der Waals surface area contributed by atoms with Crippen molar-refractivity contribution < 1.29 is 14.3 Å². The van der Waals surface area contributed by atoms with Gasteiger partial charge in [0.25, 0.3) is 0 Å². The van der Waals surface area contributed by atoms with Crippen molar-refractivity contribution in [3.63, 3.8) is 0 Å². The van der Waals surface area contributed by atoms with Crippen LogP contribution in [0.15, 0.2) is 18.2 Å². The molecule has 1 saturated heterocycles. The Bertz CT molecular complexity index is 534. The number of hydrogen-bond donors (Lipinski definition) is 2. The van der Waals surface area contributed by atoms with E-state index in [4.69, 9.17) is 15.2 Å². The summed E-state index contributed by atoms with van der Waals surface area (Å²) in [6.07, 6.45) is 2.69. The summed E-state index contributed by atoms with van der Waals surface area (Å²) in [6, 6.07) is 5.50. The zero-order chi connectivity index (χ0) is 17.5. The highest BCUT2D eigenvalue weighted by Gasteiger charge is 2.24. The van der Waals surface area contributed by atoms with Gasteiger partial charge in [-0.05, 0) is 18.8 Å². The first-order chi connectivity index (χ1) is 11.6. The molecule has 2 unspecified atom stereocenters. The summed E-state index contributed by atoms with van der Waals surface area (Å²) in [7, 11) is 3.31. The van der Waals surface area contributed by atoms with E-state index in [1.54, 1.807) is 14.2 Å². The number of carbonyl (C=O) groups excluding carboxylic acids is 1. The molecule has 0 saturated carbocycles. The van der Waals surface area contributed by atoms with Crippen molar-refractivity contribution in [3.05, 3.63) is 18.2 Å². The number of anilines is 1. The minimum absolute atomic E-state index is 0. The van der Waals surface area contributed by atoms with Crippen molar-refractivity contribution in [2.24, 2.45) is 11.7 Å². The molecule has 1 heterocycles. The number of nitrogens with one attached hydrogen (secondary N) is 1. The second kappa shape index (κ2) is 10.4. The number of halogens is 1. The quantitative estimate of drug-likeness (QED) is 0.732. The van der Waals surface area contributed by atoms with E-state index >= 15 is 0 Å². The van der Waals surface area contributed by atoms with E-state index in [1.807, 2.05) is 25.1 Å². The highest BCUT2D eigenvalue weighted by molar-refractivity contribution is 5.85. The topological polar surface area (TPSA) is 76.8 Å². The van der Waals surface area contributed by atoms with E-state index in [-0.39, 0.29) is 18.3 Å². The molecule has 2 rings (SSSR count). The van der Waals surface area contributed by atoms with Crippen LogP contribution in [0.25, 0.3) is 0 Å². The summed E-state index contributed by atoms with van der Waals surface area (Å²) in [6.45, 7) is 4.57. The molecule has 0 radical (unpaired) electrons. The van der Waals surface area contributed by atoms with Crippen molar-refractivity contribution in [3.8, 4) is 11.5 Å². The van der Waals surface area contributed by atoms with Gasteiger partial charge in [0.2, 0.25) is 5.91 Å². The van der Waals surface area contributed by atoms with Crippen LogP contribution in [0.5, 0.6) is 11.5 Å². The van der Waals surface area contributed by atoms with Gasteiger partial charge in [-0.3, -0.25) is 4.79 Å². The lowest BCUT2D eigenvalue weighted by Gasteiger charge is -2.21. The molecule has 7 heteroatoms. The van der Waals surface area contributed by atoms with Crippen LogP contribution in [0.3, 0.4) is 0 Å². The van der Waals surface area contributed by atoms with E-state index < -0.39 is 6.04 Å². The molecule has 1 fully saturated rings. The van der Waals surface area contributed by atoms with E-state index in [9.17, 15) is 4.79 Å². The largest absolute Gasteiger partial charge is 0.497 e. The monoisotopic (exact) mass is 371 g/mol. The normalized spacial score (nSPS) is 17.6. The third-order valence-corrected chi connectivity index (χ3v) is 4.49. The van der Waals surface area contributed by atoms with E-state index in [2.05, 4.69) is 10.2 Å². The molecule has 142 valence electrons. The molecule has 6 nitrogen and oxygen atoms in total. The van der Waals surface area contributed by atoms with Gasteiger partial charge in [0, 0.05) is 43.5 Å². The summed E-state index contributed by atoms with van der Waals surface area (Å²) in [5, 5.41) is 2.99. The number of nitrogens with zero attached hydrogens (tertiary/aromatic N) is 1. The minimum Gasteiger partial charge on any atom is -0.497 e. The maximum atomic E-state index is 11.9. The zero-order valence-corrected chi connectivity index (χ0v) is 16.1. The Labute approximate surface area is 156 Å². The summed E-state index contributed by atoms with van der Waals surface area (Å²) < 4.78 is 10.7. The molecule has 1 aromatic rings. The molecule has 1 aliphatic heterocycles. The average molecular weight is 372 g/mol. The van der Waals surface area contributed by atoms with Gasteiger partial charge in [0.15, 0.2) is 0 Å². The average Bonchev–Trinajstić information content (AvgIpc) is 3.08. The Kier molecular flexibility index (Phi) is 8.86. The maximum Gasteiger partial charge on any atom is 0.236 e. The van der Waals surface area contributed by atoms with Gasteiger partial charge in [0.1, 0.15) is 11.5 Å². The van der Waals surface area contributed by atoms with Crippen molar-refractivity contribution in [1.82, 2.24) is 5.32 Å². The van der Waals surface area contributed by atoms with Crippen molar-refractivity contribution in [2.75, 3.05) is 38.8 Å². The minimum atomic E-state index is -0.393. The molecule has 0 aromatic heterocycles. The third kappa shape index (κ3) is 5.97. The molecule has 1 amide bonds. The molecule has 3 N–H and O–H groups in total. The lowest BCUT2D eigenvalue weighted by molar-refractivity contribution is -0.122. The smallest absolute Gasteiger partial charge is 0.236 e. The highest BCUT2D eigenvalue weighted by atomic mass is 35.5. The van der Waals surface area contributed by atoms with Gasteiger partial charge in [-0.1, -0.05) is 13.3 Å². The Morgan fingerprint density at radius 3 is 2.52 bits per heavy atom. The van der Waals surface area contributed by atoms with Gasteiger partial charge in [0.05, 0.1) is 20.3 Å². The molecular formula is C18H30ClN3O3. The Morgan fingerprint density at radius 1 is 1.32 bits per heavy atom. The van der Waals surface area contributed by atoms with Crippen LogP contribution in [-0.2, 0) is 4.79 Å². The number of hydrogen-bond acceptors (Lipinski definition) is 5. The van der Waals surface area contributed by atoms with Gasteiger partial charge in [-0.15, -0.1) is 12.4 Å². The molecule has 0 bridgehead atoms. The van der Waals surface area contributed by atoms with Crippen LogP contribution < -0.4 is 25.4 Å². The lowest BCUT2D eigenvalue weighted by Crippen LogP contribution is -2.42. The zero-order valence-electron chi connectivity index (χ0n) is 15.3. The van der Waals surface area contributed by atoms with Crippen LogP contribution in [0.2, 0.25) is 0 Å². The summed E-state index contributed by atoms with van der Waals surface area (Å²) in [5.41, 5.74) is 6.93. The van der Waals surface area contributed by atoms with Crippen LogP contribution in [-0.4, -0.2) is 45.8 Å². The van der Waals surface area contributed by atoms with E-state index in [0.29, 0.717) is 12.5 Å². The molecule has 25 heavy (non-hydrogen) atoms. The van der Waals surface area contributed by atoms with Crippen molar-refractivity contribution >= 4 is 24.0 Å². The summed E-state index contributed by atoms with van der Waals surface area (Å²) >= 11 is 0. The fourth-order valence-corrected chi connectivity index (χ4v) is 3.03. The predicted molar refractivity (Wildman–Crippen MR) is 103 cm³/mol. The fourth-order valence-electron chi connectivity index (χ4n) is 3.03. The molecule has 2 atom stereocenters. The standard InChI is InChI=1S/C18H29N3O3.ClH/c1-4-5-17(19)18(22)20-11-13-6-7-21(12-13)14-8-15(23-2)10-16(9-14)24-3;/h8-10,13,17H,4-7,11-12,19H2,1-3H3,(H,20,22);1H. The highest BCUT2D eigenvalue weighted by Crippen LogP contribution is 2.31. The fraction of sp³-hybridized carbons (Fsp3) is 0.611. The number of rotatable bonds is 8. The first-order valence-corrected chi connectivity index (χ1v) is 8.58. The van der Waals surface area contributed by atoms with Crippen LogP contribution >= 0.6 is 12.4 Å². The second-order valence-corrected chi connectivity index (χ2v) is 6.31. The predicted octanol–water partition coefficient (Wildman–Crippen LogP) is 2.20. The molecule has 0 aliphatic carbocycles. The van der Waals surface area contributed by atoms with Gasteiger partial charge < -0.3 is 25.4 Å². The van der Waals surface area contributed by atoms with Gasteiger partial charge >= 0.3 is 0 Å². The van der Waals surface area contributed by atoms with Crippen LogP contribution in [0, 0.1) is 5.92 Å². The van der Waals surface area contributed by atoms with Crippen molar-refractivity contribution in [2.45, 2.75) is 32.2 Å². The number of nitrogens with two attached hydrogens (primary N) is 1. The maximum absolute atomic E-state index is 11.9. The molecule has 1 aliphatic rings. The molecule has 1 aromatic carbocycles. The number of benzene rings is 1. The first-order valence-electron chi connectivity index (χ1n) is 8.58. The second-order valence-electron chi connectivity index (χ2n) is 6.31. The molecular weight excluding hydrogens is 342 g/mol. The summed E-state index contributed by atoms with van der Waals surface area (Å²) in [5.74, 6) is 1.96. The number of amides is 1. The van der Waals surface area contributed by atoms with Gasteiger partial charge in [-0.25, -0.2) is 0 Å². The number of carbonyl (C=O) groups is 1. The molecule has 0 spiro atoms. The van der Waals surface area contributed by atoms with Crippen LogP contribution in [0.4, 0.5) is 5.69 Å². The van der Waals surface area contributed by atoms with Crippen molar-refractivity contribution in [1.29, 1.82) is 0 Å². The Morgan fingerprint density at radius 2 is 1.96 bits per heavy atom. The van der Waals surface area contributed by atoms with E-state index in [1.165, 1.54) is 0 Å². The van der Waals surface area contributed by atoms with Crippen LogP contribution in [0.1, 0.15) is 26.2 Å². The third-order valence-electron chi connectivity index (χ3n) is 4.49. The number of ether oxygens (including phenoxy) is 2. The number of methoxy groups -OCH3 is 2. The lowest BCUT2D eigenvalue weighted by atomic mass is 10.1.